The van der Waals surface area contributed by atoms with Gasteiger partial charge in [0.25, 0.3) is 0 Å². The number of thiophene rings is 1. The van der Waals surface area contributed by atoms with Crippen molar-refractivity contribution in [2.24, 2.45) is 0 Å². The fraction of sp³-hybridized carbons (Fsp3) is 0.167. The van der Waals surface area contributed by atoms with Crippen LogP contribution in [0.5, 0.6) is 0 Å². The first-order chi connectivity index (χ1) is 5.13. The number of carbonyl (C=O) groups is 1. The lowest BCUT2D eigenvalue weighted by Gasteiger charge is -1.96. The summed E-state index contributed by atoms with van der Waals surface area (Å²) < 4.78 is 0.317. The summed E-state index contributed by atoms with van der Waals surface area (Å²) >= 11 is 1.17. The Labute approximate surface area is 68.4 Å². The summed E-state index contributed by atoms with van der Waals surface area (Å²) in [7, 11) is -1.53. The zero-order chi connectivity index (χ0) is 8.43. The van der Waals surface area contributed by atoms with Gasteiger partial charge in [-0.1, -0.05) is 0 Å². The molecule has 2 N–H and O–H groups in total. The lowest BCUT2D eigenvalue weighted by Crippen LogP contribution is -2.30. The van der Waals surface area contributed by atoms with Gasteiger partial charge in [0.1, 0.15) is 0 Å². The van der Waals surface area contributed by atoms with E-state index in [1.165, 1.54) is 18.3 Å². The van der Waals surface area contributed by atoms with Crippen LogP contribution in [0.15, 0.2) is 11.4 Å². The molecule has 1 aromatic rings. The molecular weight excluding hydrogens is 163 g/mol. The zero-order valence-corrected chi connectivity index (χ0v) is 6.76. The van der Waals surface area contributed by atoms with Gasteiger partial charge >= 0.3 is 7.12 Å². The molecule has 0 aliphatic carbocycles. The molecule has 0 atom stereocenters. The molecule has 1 rings (SSSR count). The average molecular weight is 170 g/mol. The third kappa shape index (κ3) is 1.68. The van der Waals surface area contributed by atoms with Gasteiger partial charge in [-0.3, -0.25) is 4.79 Å². The minimum Gasteiger partial charge on any atom is -0.423 e. The van der Waals surface area contributed by atoms with E-state index in [1.54, 1.807) is 11.4 Å². The van der Waals surface area contributed by atoms with E-state index in [9.17, 15) is 4.79 Å². The highest BCUT2D eigenvalue weighted by atomic mass is 32.1. The maximum atomic E-state index is 10.8. The first-order valence-corrected chi connectivity index (χ1v) is 3.95. The normalized spacial score (nSPS) is 9.73. The highest BCUT2D eigenvalue weighted by molar-refractivity contribution is 7.21. The van der Waals surface area contributed by atoms with Crippen LogP contribution < -0.4 is 4.78 Å². The third-order valence-electron chi connectivity index (χ3n) is 1.31. The second-order valence-corrected chi connectivity index (χ2v) is 3.08. The largest absolute Gasteiger partial charge is 0.499 e. The summed E-state index contributed by atoms with van der Waals surface area (Å²) in [6, 6.07) is 1.59. The van der Waals surface area contributed by atoms with Gasteiger partial charge in [-0.2, -0.15) is 11.3 Å². The second kappa shape index (κ2) is 3.17. The molecule has 0 aliphatic rings. The lowest BCUT2D eigenvalue weighted by atomic mass is 9.85. The monoisotopic (exact) mass is 170 g/mol. The van der Waals surface area contributed by atoms with Crippen molar-refractivity contribution in [2.75, 3.05) is 0 Å². The van der Waals surface area contributed by atoms with Gasteiger partial charge < -0.3 is 10.0 Å². The van der Waals surface area contributed by atoms with Crippen LogP contribution in [0.4, 0.5) is 0 Å². The van der Waals surface area contributed by atoms with E-state index in [0.717, 1.165) is 0 Å². The first kappa shape index (κ1) is 8.45. The predicted molar refractivity (Wildman–Crippen MR) is 44.1 cm³/mol. The predicted octanol–water partition coefficient (Wildman–Crippen LogP) is -0.369. The minimum atomic E-state index is -1.53. The summed E-state index contributed by atoms with van der Waals surface area (Å²) in [5, 5.41) is 19.2. The van der Waals surface area contributed by atoms with Gasteiger partial charge in [0.15, 0.2) is 5.78 Å². The molecule has 0 radical (unpaired) electrons. The van der Waals surface area contributed by atoms with E-state index in [4.69, 9.17) is 10.0 Å². The summed E-state index contributed by atoms with van der Waals surface area (Å²) in [6.45, 7) is 1.40. The summed E-state index contributed by atoms with van der Waals surface area (Å²) in [5.74, 6) is -0.144. The van der Waals surface area contributed by atoms with Gasteiger partial charge in [0, 0.05) is 10.3 Å². The highest BCUT2D eigenvalue weighted by Gasteiger charge is 2.19. The Morgan fingerprint density at radius 3 is 2.64 bits per heavy atom. The molecule has 1 aromatic heterocycles. The Morgan fingerprint density at radius 1 is 1.64 bits per heavy atom. The molecular formula is C6H7BO3S. The van der Waals surface area contributed by atoms with Crippen molar-refractivity contribution in [3.63, 3.8) is 0 Å². The van der Waals surface area contributed by atoms with Crippen LogP contribution in [0.2, 0.25) is 0 Å². The van der Waals surface area contributed by atoms with E-state index in [1.807, 2.05) is 0 Å². The molecule has 0 aromatic carbocycles. The minimum absolute atomic E-state index is 0.144. The van der Waals surface area contributed by atoms with Crippen LogP contribution in [0.1, 0.15) is 17.3 Å². The molecule has 0 saturated heterocycles. The number of hydrogen-bond donors (Lipinski definition) is 2. The maximum absolute atomic E-state index is 10.8. The molecule has 1 heterocycles. The van der Waals surface area contributed by atoms with Crippen molar-refractivity contribution in [1.29, 1.82) is 0 Å². The molecule has 3 nitrogen and oxygen atoms in total. The van der Waals surface area contributed by atoms with E-state index < -0.39 is 7.12 Å². The van der Waals surface area contributed by atoms with Crippen LogP contribution in [-0.2, 0) is 0 Å². The number of hydrogen-bond acceptors (Lipinski definition) is 4. The molecule has 5 heteroatoms. The summed E-state index contributed by atoms with van der Waals surface area (Å²) in [5.41, 5.74) is 0.394. The first-order valence-electron chi connectivity index (χ1n) is 3.07. The molecule has 11 heavy (non-hydrogen) atoms. The molecule has 0 fully saturated rings. The Morgan fingerprint density at radius 2 is 2.27 bits per heavy atom. The van der Waals surface area contributed by atoms with Gasteiger partial charge in [0.05, 0.1) is 0 Å². The second-order valence-electron chi connectivity index (χ2n) is 2.13. The number of carbonyl (C=O) groups excluding carboxylic acids is 1. The third-order valence-corrected chi connectivity index (χ3v) is 2.27. The Hall–Kier alpha value is -0.645. The molecule has 0 bridgehead atoms. The van der Waals surface area contributed by atoms with Crippen LogP contribution in [-0.4, -0.2) is 22.9 Å². The number of ketones is 1. The van der Waals surface area contributed by atoms with Crippen LogP contribution in [0.3, 0.4) is 0 Å². The smallest absolute Gasteiger partial charge is 0.423 e. The van der Waals surface area contributed by atoms with Crippen molar-refractivity contribution < 1.29 is 14.8 Å². The standard InChI is InChI=1S/C6H7BO3S/c1-4(8)5-2-3-11-6(5)7(9)10/h2-3,9-10H,1H3. The van der Waals surface area contributed by atoms with Crippen molar-refractivity contribution in [2.45, 2.75) is 6.92 Å². The molecule has 0 spiro atoms. The summed E-state index contributed by atoms with van der Waals surface area (Å²) in [4.78, 5) is 10.8. The van der Waals surface area contributed by atoms with E-state index in [-0.39, 0.29) is 5.78 Å². The van der Waals surface area contributed by atoms with E-state index in [2.05, 4.69) is 0 Å². The molecule has 58 valence electrons. The Kier molecular flexibility index (Phi) is 2.43. The molecule has 0 unspecified atom stereocenters. The number of rotatable bonds is 2. The maximum Gasteiger partial charge on any atom is 0.499 e. The van der Waals surface area contributed by atoms with E-state index in [0.29, 0.717) is 10.3 Å². The van der Waals surface area contributed by atoms with Crippen molar-refractivity contribution in [1.82, 2.24) is 0 Å². The Bertz CT molecular complexity index is 269. The molecule has 0 aliphatic heterocycles. The van der Waals surface area contributed by atoms with Gasteiger partial charge in [0.2, 0.25) is 0 Å². The Balaban J connectivity index is 3.06. The van der Waals surface area contributed by atoms with Crippen molar-refractivity contribution in [3.8, 4) is 0 Å². The molecule has 0 amide bonds. The van der Waals surface area contributed by atoms with Gasteiger partial charge in [-0.25, -0.2) is 0 Å². The fourth-order valence-corrected chi connectivity index (χ4v) is 1.62. The number of Topliss-reactive ketones (excluding diaryl/α,β-unsaturated/α-hetero) is 1. The van der Waals surface area contributed by atoms with Crippen LogP contribution in [0, 0.1) is 0 Å². The molecule has 0 saturated carbocycles. The van der Waals surface area contributed by atoms with Crippen LogP contribution in [0.25, 0.3) is 0 Å². The summed E-state index contributed by atoms with van der Waals surface area (Å²) in [6.07, 6.45) is 0. The fourth-order valence-electron chi connectivity index (χ4n) is 0.812. The van der Waals surface area contributed by atoms with Gasteiger partial charge in [-0.05, 0) is 18.4 Å². The van der Waals surface area contributed by atoms with Crippen molar-refractivity contribution >= 4 is 29.0 Å². The zero-order valence-electron chi connectivity index (χ0n) is 5.94. The SMILES string of the molecule is CC(=O)c1ccsc1B(O)O. The van der Waals surface area contributed by atoms with Gasteiger partial charge in [-0.15, -0.1) is 0 Å². The average Bonchev–Trinajstić information content (AvgIpc) is 2.32. The van der Waals surface area contributed by atoms with Crippen LogP contribution >= 0.6 is 11.3 Å². The lowest BCUT2D eigenvalue weighted by molar-refractivity contribution is 0.101. The topological polar surface area (TPSA) is 57.5 Å². The van der Waals surface area contributed by atoms with E-state index >= 15 is 0 Å². The van der Waals surface area contributed by atoms with Crippen molar-refractivity contribution in [3.05, 3.63) is 17.0 Å². The highest BCUT2D eigenvalue weighted by Crippen LogP contribution is 2.04. The quantitative estimate of drug-likeness (QED) is 0.470.